The van der Waals surface area contributed by atoms with Crippen molar-refractivity contribution >= 4 is 21.8 Å². The summed E-state index contributed by atoms with van der Waals surface area (Å²) < 4.78 is 27.2. The number of aromatic nitrogens is 2. The van der Waals surface area contributed by atoms with Crippen molar-refractivity contribution in [2.24, 2.45) is 0 Å². The lowest BCUT2D eigenvalue weighted by Gasteiger charge is -2.07. The molecule has 7 heteroatoms. The molecule has 0 aliphatic rings. The fraction of sp³-hybridized carbons (Fsp3) is 0.400. The highest BCUT2D eigenvalue weighted by atomic mass is 32.2. The molecule has 1 heterocycles. The molecule has 0 fully saturated rings. The van der Waals surface area contributed by atoms with Crippen LogP contribution in [0.1, 0.15) is 23.9 Å². The second-order valence-corrected chi connectivity index (χ2v) is 8.03. The average Bonchev–Trinajstić information content (AvgIpc) is 2.81. The van der Waals surface area contributed by atoms with E-state index >= 15 is 0 Å². The number of hydrogen-bond acceptors (Lipinski definition) is 4. The van der Waals surface area contributed by atoms with E-state index < -0.39 is 10.0 Å². The maximum Gasteiger partial charge on any atom is 0.244 e. The van der Waals surface area contributed by atoms with Crippen LogP contribution in [0.15, 0.2) is 34.1 Å². The average molecular weight is 339 g/mol. The third-order valence-electron chi connectivity index (χ3n) is 3.27. The Balaban J connectivity index is 1.95. The first kappa shape index (κ1) is 17.1. The summed E-state index contributed by atoms with van der Waals surface area (Å²) in [5, 5.41) is 6.63. The number of rotatable bonds is 7. The second-order valence-electron chi connectivity index (χ2n) is 4.99. The minimum atomic E-state index is -3.51. The van der Waals surface area contributed by atoms with Crippen molar-refractivity contribution in [1.29, 1.82) is 0 Å². The predicted molar refractivity (Wildman–Crippen MR) is 89.8 cm³/mol. The summed E-state index contributed by atoms with van der Waals surface area (Å²) in [5.74, 6) is 1.04. The zero-order chi connectivity index (χ0) is 16.2. The van der Waals surface area contributed by atoms with Crippen LogP contribution in [0.5, 0.6) is 0 Å². The molecule has 2 aromatic rings. The van der Waals surface area contributed by atoms with Gasteiger partial charge in [0.25, 0.3) is 0 Å². The third kappa shape index (κ3) is 4.12. The lowest BCUT2D eigenvalue weighted by atomic mass is 10.2. The highest BCUT2D eigenvalue weighted by Gasteiger charge is 2.21. The van der Waals surface area contributed by atoms with Crippen LogP contribution in [0.4, 0.5) is 0 Å². The number of sulfonamides is 1. The van der Waals surface area contributed by atoms with Gasteiger partial charge in [0.05, 0.1) is 11.4 Å². The summed E-state index contributed by atoms with van der Waals surface area (Å²) >= 11 is 1.79. The van der Waals surface area contributed by atoms with E-state index in [1.54, 1.807) is 25.6 Å². The number of nitrogens with zero attached hydrogens (tertiary/aromatic N) is 1. The van der Waals surface area contributed by atoms with Gasteiger partial charge in [0.2, 0.25) is 10.0 Å². The minimum Gasteiger partial charge on any atom is -0.281 e. The number of nitrogens with one attached hydrogen (secondary N) is 2. The largest absolute Gasteiger partial charge is 0.281 e. The SMILES string of the molecule is CCSc1ccc(CCNS(=O)(=O)c2c(C)n[nH]c2C)cc1. The highest BCUT2D eigenvalue weighted by Crippen LogP contribution is 2.18. The third-order valence-corrected chi connectivity index (χ3v) is 5.89. The molecule has 2 N–H and O–H groups in total. The van der Waals surface area contributed by atoms with Crippen molar-refractivity contribution in [1.82, 2.24) is 14.9 Å². The van der Waals surface area contributed by atoms with Crippen molar-refractivity contribution in [3.8, 4) is 0 Å². The summed E-state index contributed by atoms with van der Waals surface area (Å²) in [6, 6.07) is 8.23. The van der Waals surface area contributed by atoms with Gasteiger partial charge in [0.1, 0.15) is 4.90 Å². The predicted octanol–water partition coefficient (Wildman–Crippen LogP) is 2.66. The molecule has 22 heavy (non-hydrogen) atoms. The number of hydrogen-bond donors (Lipinski definition) is 2. The first-order valence-corrected chi connectivity index (χ1v) is 9.64. The lowest BCUT2D eigenvalue weighted by Crippen LogP contribution is -2.26. The molecule has 0 aliphatic carbocycles. The molecule has 0 bridgehead atoms. The van der Waals surface area contributed by atoms with Gasteiger partial charge in [-0.2, -0.15) is 5.10 Å². The molecule has 120 valence electrons. The molecular formula is C15H21N3O2S2. The van der Waals surface area contributed by atoms with Crippen molar-refractivity contribution < 1.29 is 8.42 Å². The van der Waals surface area contributed by atoms with Crippen molar-refractivity contribution in [2.45, 2.75) is 37.0 Å². The van der Waals surface area contributed by atoms with E-state index in [-0.39, 0.29) is 4.90 Å². The zero-order valence-corrected chi connectivity index (χ0v) is 14.6. The molecule has 0 spiro atoms. The molecule has 0 unspecified atom stereocenters. The van der Waals surface area contributed by atoms with E-state index in [1.807, 2.05) is 12.1 Å². The maximum absolute atomic E-state index is 12.3. The van der Waals surface area contributed by atoms with Gasteiger partial charge in [-0.25, -0.2) is 13.1 Å². The molecule has 0 radical (unpaired) electrons. The highest BCUT2D eigenvalue weighted by molar-refractivity contribution is 7.99. The quantitative estimate of drug-likeness (QED) is 0.761. The number of aryl methyl sites for hydroxylation is 2. The molecule has 0 saturated carbocycles. The number of benzene rings is 1. The molecule has 0 atom stereocenters. The second kappa shape index (κ2) is 7.30. The van der Waals surface area contributed by atoms with Gasteiger partial charge in [-0.05, 0) is 43.7 Å². The van der Waals surface area contributed by atoms with E-state index in [9.17, 15) is 8.42 Å². The first-order valence-electron chi connectivity index (χ1n) is 7.17. The van der Waals surface area contributed by atoms with Crippen molar-refractivity contribution in [3.63, 3.8) is 0 Å². The van der Waals surface area contributed by atoms with Crippen LogP contribution in [-0.4, -0.2) is 30.9 Å². The van der Waals surface area contributed by atoms with Gasteiger partial charge in [-0.15, -0.1) is 11.8 Å². The van der Waals surface area contributed by atoms with E-state index in [2.05, 4.69) is 34.0 Å². The smallest absolute Gasteiger partial charge is 0.244 e. The van der Waals surface area contributed by atoms with Crippen molar-refractivity contribution in [3.05, 3.63) is 41.2 Å². The summed E-state index contributed by atoms with van der Waals surface area (Å²) in [5.41, 5.74) is 2.17. The summed E-state index contributed by atoms with van der Waals surface area (Å²) in [6.07, 6.45) is 0.659. The van der Waals surface area contributed by atoms with Crippen LogP contribution in [0, 0.1) is 13.8 Å². The zero-order valence-electron chi connectivity index (χ0n) is 13.0. The molecule has 0 saturated heterocycles. The van der Waals surface area contributed by atoms with E-state index in [1.165, 1.54) is 4.90 Å². The normalized spacial score (nSPS) is 11.8. The molecule has 2 rings (SSSR count). The lowest BCUT2D eigenvalue weighted by molar-refractivity contribution is 0.580. The van der Waals surface area contributed by atoms with Gasteiger partial charge >= 0.3 is 0 Å². The fourth-order valence-corrected chi connectivity index (χ4v) is 4.32. The standard InChI is InChI=1S/C15H21N3O2S2/c1-4-21-14-7-5-13(6-8-14)9-10-16-22(19,20)15-11(2)17-18-12(15)3/h5-8,16H,4,9-10H2,1-3H3,(H,17,18). The fourth-order valence-electron chi connectivity index (χ4n) is 2.26. The van der Waals surface area contributed by atoms with Gasteiger partial charge < -0.3 is 0 Å². The molecule has 1 aromatic heterocycles. The molecule has 0 amide bonds. The van der Waals surface area contributed by atoms with Crippen LogP contribution < -0.4 is 4.72 Å². The Kier molecular flexibility index (Phi) is 5.66. The van der Waals surface area contributed by atoms with Gasteiger partial charge in [0.15, 0.2) is 0 Å². The Bertz CT molecular complexity index is 702. The van der Waals surface area contributed by atoms with E-state index in [4.69, 9.17) is 0 Å². The molecular weight excluding hydrogens is 318 g/mol. The monoisotopic (exact) mass is 339 g/mol. The Labute approximate surface area is 136 Å². The minimum absolute atomic E-state index is 0.252. The first-order chi connectivity index (χ1) is 10.4. The Hall–Kier alpha value is -1.31. The summed E-state index contributed by atoms with van der Waals surface area (Å²) in [6.45, 7) is 5.88. The molecule has 5 nitrogen and oxygen atoms in total. The van der Waals surface area contributed by atoms with Crippen LogP contribution in [0.3, 0.4) is 0 Å². The summed E-state index contributed by atoms with van der Waals surface area (Å²) in [7, 11) is -3.51. The van der Waals surface area contributed by atoms with Gasteiger partial charge in [0, 0.05) is 11.4 Å². The van der Waals surface area contributed by atoms with Crippen LogP contribution in [0.2, 0.25) is 0 Å². The van der Waals surface area contributed by atoms with Gasteiger partial charge in [-0.3, -0.25) is 5.10 Å². The number of aromatic amines is 1. The summed E-state index contributed by atoms with van der Waals surface area (Å²) in [4.78, 5) is 1.48. The number of H-pyrrole nitrogens is 1. The topological polar surface area (TPSA) is 74.8 Å². The van der Waals surface area contributed by atoms with Crippen molar-refractivity contribution in [2.75, 3.05) is 12.3 Å². The number of thioether (sulfide) groups is 1. The van der Waals surface area contributed by atoms with Crippen LogP contribution >= 0.6 is 11.8 Å². The molecule has 1 aromatic carbocycles. The Morgan fingerprint density at radius 3 is 2.45 bits per heavy atom. The Morgan fingerprint density at radius 1 is 1.23 bits per heavy atom. The van der Waals surface area contributed by atoms with E-state index in [0.29, 0.717) is 24.4 Å². The maximum atomic E-state index is 12.3. The van der Waals surface area contributed by atoms with Gasteiger partial charge in [-0.1, -0.05) is 19.1 Å². The van der Waals surface area contributed by atoms with E-state index in [0.717, 1.165) is 11.3 Å². The van der Waals surface area contributed by atoms with Crippen LogP contribution in [0.25, 0.3) is 0 Å². The van der Waals surface area contributed by atoms with Crippen LogP contribution in [-0.2, 0) is 16.4 Å². The molecule has 0 aliphatic heterocycles. The Morgan fingerprint density at radius 2 is 1.91 bits per heavy atom.